The highest BCUT2D eigenvalue weighted by Crippen LogP contribution is 2.16. The molecule has 3 heteroatoms. The molecule has 0 aromatic heterocycles. The van der Waals surface area contributed by atoms with Crippen LogP contribution in [-0.4, -0.2) is 31.1 Å². The topological polar surface area (TPSA) is 15.3 Å². The van der Waals surface area contributed by atoms with E-state index in [0.29, 0.717) is 12.0 Å². The monoisotopic (exact) mass is 268 g/mol. The Hall–Kier alpha value is -0.570. The molecule has 0 aliphatic carbocycles. The second-order valence-corrected chi connectivity index (χ2v) is 5.46. The van der Waals surface area contributed by atoms with E-state index in [0.717, 1.165) is 13.1 Å². The van der Waals surface area contributed by atoms with Crippen molar-refractivity contribution in [2.24, 2.45) is 0 Å². The molecule has 1 atom stereocenters. The summed E-state index contributed by atoms with van der Waals surface area (Å²) in [4.78, 5) is 2.46. The maximum atomic E-state index is 3.42. The van der Waals surface area contributed by atoms with Crippen LogP contribution in [-0.2, 0) is 6.54 Å². The first-order valence-corrected chi connectivity index (χ1v) is 6.66. The van der Waals surface area contributed by atoms with Crippen LogP contribution in [0.15, 0.2) is 24.3 Å². The van der Waals surface area contributed by atoms with Crippen molar-refractivity contribution in [1.29, 1.82) is 0 Å². The van der Waals surface area contributed by atoms with Gasteiger partial charge >= 0.3 is 0 Å². The Kier molecular flexibility index (Phi) is 6.13. The van der Waals surface area contributed by atoms with Crippen LogP contribution in [0.25, 0.3) is 0 Å². The number of nitrogens with zero attached hydrogens (tertiary/aromatic N) is 1. The fourth-order valence-electron chi connectivity index (χ4n) is 2.44. The van der Waals surface area contributed by atoms with Crippen molar-refractivity contribution in [3.05, 3.63) is 35.4 Å². The molecular weight excluding hydrogens is 244 g/mol. The molecule has 0 spiro atoms. The zero-order valence-corrected chi connectivity index (χ0v) is 12.5. The highest BCUT2D eigenvalue weighted by molar-refractivity contribution is 5.85. The third kappa shape index (κ3) is 3.98. The van der Waals surface area contributed by atoms with Crippen LogP contribution >= 0.6 is 12.4 Å². The Morgan fingerprint density at radius 1 is 1.28 bits per heavy atom. The number of halogens is 1. The summed E-state index contributed by atoms with van der Waals surface area (Å²) in [5, 5.41) is 3.42. The van der Waals surface area contributed by atoms with Crippen LogP contribution in [0.4, 0.5) is 0 Å². The van der Waals surface area contributed by atoms with Gasteiger partial charge in [-0.05, 0) is 37.1 Å². The fraction of sp³-hybridized carbons (Fsp3) is 0.600. The molecule has 1 N–H and O–H groups in total. The summed E-state index contributed by atoms with van der Waals surface area (Å²) in [5.74, 6) is 0.626. The lowest BCUT2D eigenvalue weighted by Crippen LogP contribution is -2.32. The molecule has 1 aliphatic heterocycles. The normalized spacial score (nSPS) is 19.3. The molecule has 1 unspecified atom stereocenters. The van der Waals surface area contributed by atoms with Crippen LogP contribution in [0.2, 0.25) is 0 Å². The van der Waals surface area contributed by atoms with Gasteiger partial charge in [0.15, 0.2) is 0 Å². The first-order chi connectivity index (χ1) is 8.16. The van der Waals surface area contributed by atoms with Gasteiger partial charge in [0, 0.05) is 19.1 Å². The second-order valence-electron chi connectivity index (χ2n) is 5.46. The van der Waals surface area contributed by atoms with E-state index >= 15 is 0 Å². The maximum Gasteiger partial charge on any atom is 0.0234 e. The number of benzene rings is 1. The summed E-state index contributed by atoms with van der Waals surface area (Å²) < 4.78 is 0. The molecule has 1 aromatic carbocycles. The molecule has 1 aliphatic rings. The van der Waals surface area contributed by atoms with Crippen molar-refractivity contribution in [3.63, 3.8) is 0 Å². The van der Waals surface area contributed by atoms with E-state index in [2.05, 4.69) is 55.4 Å². The zero-order valence-electron chi connectivity index (χ0n) is 11.6. The molecule has 0 saturated carbocycles. The standard InChI is InChI=1S/C15H24N2.ClH/c1-12(2)14-6-4-13(5-7-14)11-17(3)15-8-9-16-10-15;/h4-7,12,15-16H,8-11H2,1-3H3;1H. The third-order valence-corrected chi connectivity index (χ3v) is 3.74. The SMILES string of the molecule is CC(C)c1ccc(CN(C)C2CCNC2)cc1.Cl. The van der Waals surface area contributed by atoms with Crippen molar-refractivity contribution < 1.29 is 0 Å². The summed E-state index contributed by atoms with van der Waals surface area (Å²) >= 11 is 0. The molecule has 1 fully saturated rings. The average molecular weight is 269 g/mol. The van der Waals surface area contributed by atoms with Crippen LogP contribution in [0, 0.1) is 0 Å². The van der Waals surface area contributed by atoms with Crippen LogP contribution in [0.3, 0.4) is 0 Å². The third-order valence-electron chi connectivity index (χ3n) is 3.74. The molecule has 2 nitrogen and oxygen atoms in total. The Balaban J connectivity index is 0.00000162. The summed E-state index contributed by atoms with van der Waals surface area (Å²) in [6.07, 6.45) is 1.28. The quantitative estimate of drug-likeness (QED) is 0.903. The van der Waals surface area contributed by atoms with Gasteiger partial charge in [0.05, 0.1) is 0 Å². The summed E-state index contributed by atoms with van der Waals surface area (Å²) in [6.45, 7) is 7.85. The van der Waals surface area contributed by atoms with E-state index in [4.69, 9.17) is 0 Å². The average Bonchev–Trinajstić information content (AvgIpc) is 2.83. The first-order valence-electron chi connectivity index (χ1n) is 6.66. The van der Waals surface area contributed by atoms with Gasteiger partial charge in [-0.25, -0.2) is 0 Å². The van der Waals surface area contributed by atoms with Crippen LogP contribution in [0.1, 0.15) is 37.3 Å². The Morgan fingerprint density at radius 3 is 2.44 bits per heavy atom. The molecule has 102 valence electrons. The number of rotatable bonds is 4. The number of hydrogen-bond acceptors (Lipinski definition) is 2. The molecule has 2 rings (SSSR count). The van der Waals surface area contributed by atoms with Crippen molar-refractivity contribution >= 4 is 12.4 Å². The minimum atomic E-state index is 0. The smallest absolute Gasteiger partial charge is 0.0234 e. The van der Waals surface area contributed by atoms with Gasteiger partial charge in [0.25, 0.3) is 0 Å². The summed E-state index contributed by atoms with van der Waals surface area (Å²) in [5.41, 5.74) is 2.85. The van der Waals surface area contributed by atoms with E-state index in [9.17, 15) is 0 Å². The summed E-state index contributed by atoms with van der Waals surface area (Å²) in [6, 6.07) is 9.78. The highest BCUT2D eigenvalue weighted by Gasteiger charge is 2.18. The van der Waals surface area contributed by atoms with Gasteiger partial charge in [-0.1, -0.05) is 38.1 Å². The number of hydrogen-bond donors (Lipinski definition) is 1. The Labute approximate surface area is 117 Å². The molecule has 1 saturated heterocycles. The van der Waals surface area contributed by atoms with E-state index in [1.54, 1.807) is 0 Å². The lowest BCUT2D eigenvalue weighted by molar-refractivity contribution is 0.249. The minimum absolute atomic E-state index is 0. The lowest BCUT2D eigenvalue weighted by Gasteiger charge is -2.23. The van der Waals surface area contributed by atoms with Gasteiger partial charge in [0.1, 0.15) is 0 Å². The van der Waals surface area contributed by atoms with E-state index < -0.39 is 0 Å². The van der Waals surface area contributed by atoms with Crippen LogP contribution < -0.4 is 5.32 Å². The highest BCUT2D eigenvalue weighted by atomic mass is 35.5. The van der Waals surface area contributed by atoms with Crippen molar-refractivity contribution in [2.75, 3.05) is 20.1 Å². The molecular formula is C15H25ClN2. The van der Waals surface area contributed by atoms with Crippen molar-refractivity contribution in [3.8, 4) is 0 Å². The largest absolute Gasteiger partial charge is 0.315 e. The van der Waals surface area contributed by atoms with Crippen molar-refractivity contribution in [2.45, 2.75) is 38.8 Å². The Bertz CT molecular complexity index is 342. The Morgan fingerprint density at radius 2 is 1.94 bits per heavy atom. The zero-order chi connectivity index (χ0) is 12.3. The predicted octanol–water partition coefficient (Wildman–Crippen LogP) is 3.03. The lowest BCUT2D eigenvalue weighted by atomic mass is 10.0. The molecule has 0 amide bonds. The molecule has 1 aromatic rings. The van der Waals surface area contributed by atoms with Crippen molar-refractivity contribution in [1.82, 2.24) is 10.2 Å². The molecule has 1 heterocycles. The minimum Gasteiger partial charge on any atom is -0.315 e. The molecule has 0 radical (unpaired) electrons. The fourth-order valence-corrected chi connectivity index (χ4v) is 2.44. The number of nitrogens with one attached hydrogen (secondary N) is 1. The second kappa shape index (κ2) is 7.13. The van der Waals surface area contributed by atoms with E-state index in [1.165, 1.54) is 24.1 Å². The van der Waals surface area contributed by atoms with Crippen LogP contribution in [0.5, 0.6) is 0 Å². The molecule has 0 bridgehead atoms. The van der Waals surface area contributed by atoms with Gasteiger partial charge in [-0.2, -0.15) is 0 Å². The van der Waals surface area contributed by atoms with Gasteiger partial charge in [-0.3, -0.25) is 4.90 Å². The summed E-state index contributed by atoms with van der Waals surface area (Å²) in [7, 11) is 2.23. The number of likely N-dealkylation sites (N-methyl/N-ethyl adjacent to an activating group) is 1. The first kappa shape index (κ1) is 15.5. The van der Waals surface area contributed by atoms with Gasteiger partial charge < -0.3 is 5.32 Å². The maximum absolute atomic E-state index is 3.42. The predicted molar refractivity (Wildman–Crippen MR) is 80.5 cm³/mol. The molecule has 18 heavy (non-hydrogen) atoms. The van der Waals surface area contributed by atoms with Gasteiger partial charge in [-0.15, -0.1) is 12.4 Å². The van der Waals surface area contributed by atoms with E-state index in [-0.39, 0.29) is 12.4 Å². The van der Waals surface area contributed by atoms with Gasteiger partial charge in [0.2, 0.25) is 0 Å². The van der Waals surface area contributed by atoms with E-state index in [1.807, 2.05) is 0 Å².